The van der Waals surface area contributed by atoms with Gasteiger partial charge in [-0.2, -0.15) is 0 Å². The second kappa shape index (κ2) is 7.70. The number of likely N-dealkylation sites (tertiary alicyclic amines) is 1. The highest BCUT2D eigenvalue weighted by molar-refractivity contribution is 5.92. The molecule has 1 aliphatic rings. The van der Waals surface area contributed by atoms with E-state index in [2.05, 4.69) is 19.5 Å². The quantitative estimate of drug-likeness (QED) is 0.716. The Kier molecular flexibility index (Phi) is 4.96. The summed E-state index contributed by atoms with van der Waals surface area (Å²) in [6.07, 6.45) is 9.49. The van der Waals surface area contributed by atoms with Gasteiger partial charge in [-0.3, -0.25) is 9.78 Å². The Morgan fingerprint density at radius 2 is 2.04 bits per heavy atom. The number of aromatic nitrogens is 4. The first-order valence-electron chi connectivity index (χ1n) is 9.33. The van der Waals surface area contributed by atoms with Gasteiger partial charge in [0.25, 0.3) is 5.91 Å². The van der Waals surface area contributed by atoms with Crippen LogP contribution in [0.1, 0.15) is 46.3 Å². The Morgan fingerprint density at radius 1 is 1.19 bits per heavy atom. The zero-order chi connectivity index (χ0) is 18.6. The lowest BCUT2D eigenvalue weighted by Gasteiger charge is -2.32. The molecule has 4 heterocycles. The second-order valence-electron chi connectivity index (χ2n) is 7.02. The number of imidazole rings is 1. The summed E-state index contributed by atoms with van der Waals surface area (Å²) in [6, 6.07) is 9.63. The normalized spacial score (nSPS) is 17.1. The maximum atomic E-state index is 12.9. The van der Waals surface area contributed by atoms with Crippen LogP contribution in [0.4, 0.5) is 0 Å². The van der Waals surface area contributed by atoms with Crippen molar-refractivity contribution in [3.05, 3.63) is 77.9 Å². The number of rotatable bonds is 4. The van der Waals surface area contributed by atoms with Crippen LogP contribution in [-0.2, 0) is 6.54 Å². The number of pyridine rings is 2. The minimum atomic E-state index is 0.00985. The van der Waals surface area contributed by atoms with Crippen LogP contribution in [0.5, 0.6) is 0 Å². The smallest absolute Gasteiger partial charge is 0.272 e. The average molecular weight is 361 g/mol. The summed E-state index contributed by atoms with van der Waals surface area (Å²) < 4.78 is 2.18. The van der Waals surface area contributed by atoms with Crippen LogP contribution in [0, 0.1) is 6.92 Å². The van der Waals surface area contributed by atoms with Crippen LogP contribution in [0.3, 0.4) is 0 Å². The number of hydrogen-bond acceptors (Lipinski definition) is 4. The topological polar surface area (TPSA) is 63.9 Å². The first kappa shape index (κ1) is 17.4. The first-order chi connectivity index (χ1) is 13.2. The molecule has 4 rings (SSSR count). The van der Waals surface area contributed by atoms with Gasteiger partial charge in [-0.1, -0.05) is 6.07 Å². The zero-order valence-electron chi connectivity index (χ0n) is 15.5. The molecule has 3 aromatic heterocycles. The number of amides is 1. The fourth-order valence-corrected chi connectivity index (χ4v) is 3.70. The van der Waals surface area contributed by atoms with Crippen molar-refractivity contribution in [2.24, 2.45) is 0 Å². The second-order valence-corrected chi connectivity index (χ2v) is 7.02. The van der Waals surface area contributed by atoms with Gasteiger partial charge in [-0.05, 0) is 49.6 Å². The number of piperidine rings is 1. The fraction of sp³-hybridized carbons (Fsp3) is 0.333. The molecule has 0 aliphatic carbocycles. The summed E-state index contributed by atoms with van der Waals surface area (Å²) >= 11 is 0. The van der Waals surface area contributed by atoms with Crippen LogP contribution < -0.4 is 0 Å². The molecule has 6 heteroatoms. The molecule has 0 bridgehead atoms. The summed E-state index contributed by atoms with van der Waals surface area (Å²) in [5.41, 5.74) is 2.58. The van der Waals surface area contributed by atoms with Gasteiger partial charge in [-0.15, -0.1) is 0 Å². The van der Waals surface area contributed by atoms with Gasteiger partial charge >= 0.3 is 0 Å². The van der Waals surface area contributed by atoms with Gasteiger partial charge in [0.05, 0.1) is 0 Å². The first-order valence-corrected chi connectivity index (χ1v) is 9.33. The molecule has 1 amide bonds. The molecule has 6 nitrogen and oxygen atoms in total. The van der Waals surface area contributed by atoms with E-state index in [4.69, 9.17) is 0 Å². The van der Waals surface area contributed by atoms with E-state index in [9.17, 15) is 4.79 Å². The molecule has 0 aromatic carbocycles. The Hall–Kier alpha value is -3.02. The standard InChI is InChI=1S/C21H23N5O/c1-16-4-2-6-19(24-16)21(27)26-12-3-5-18(15-26)20-23-11-13-25(20)14-17-7-9-22-10-8-17/h2,4,6-11,13,18H,3,5,12,14-15H2,1H3/t18-/m1/s1. The van der Waals surface area contributed by atoms with Crippen molar-refractivity contribution in [3.8, 4) is 0 Å². The summed E-state index contributed by atoms with van der Waals surface area (Å²) in [5, 5.41) is 0. The highest BCUT2D eigenvalue weighted by Gasteiger charge is 2.28. The minimum absolute atomic E-state index is 0.00985. The molecule has 0 unspecified atom stereocenters. The Balaban J connectivity index is 1.51. The van der Waals surface area contributed by atoms with Crippen LogP contribution in [0.2, 0.25) is 0 Å². The van der Waals surface area contributed by atoms with E-state index >= 15 is 0 Å². The van der Waals surface area contributed by atoms with E-state index in [0.29, 0.717) is 12.2 Å². The maximum Gasteiger partial charge on any atom is 0.272 e. The van der Waals surface area contributed by atoms with Crippen LogP contribution in [-0.4, -0.2) is 43.4 Å². The van der Waals surface area contributed by atoms with Gasteiger partial charge in [0, 0.05) is 56.0 Å². The van der Waals surface area contributed by atoms with Gasteiger partial charge in [0.15, 0.2) is 0 Å². The summed E-state index contributed by atoms with van der Waals surface area (Å²) in [6.45, 7) is 4.13. The Labute approximate surface area is 158 Å². The SMILES string of the molecule is Cc1cccc(C(=O)N2CCC[C@@H](c3nccn3Cc3ccncc3)C2)n1. The molecule has 0 saturated carbocycles. The van der Waals surface area contributed by atoms with Crippen LogP contribution in [0.15, 0.2) is 55.1 Å². The molecule has 138 valence electrons. The van der Waals surface area contributed by atoms with E-state index in [0.717, 1.165) is 37.4 Å². The zero-order valence-corrected chi connectivity index (χ0v) is 15.5. The van der Waals surface area contributed by atoms with Crippen molar-refractivity contribution < 1.29 is 4.79 Å². The molecule has 1 saturated heterocycles. The molecule has 0 radical (unpaired) electrons. The Bertz CT molecular complexity index is 921. The van der Waals surface area contributed by atoms with E-state index in [1.165, 1.54) is 5.56 Å². The molecule has 1 fully saturated rings. The molecule has 0 N–H and O–H groups in total. The number of nitrogens with zero attached hydrogens (tertiary/aromatic N) is 5. The number of carbonyl (C=O) groups excluding carboxylic acids is 1. The number of aryl methyl sites for hydroxylation is 1. The minimum Gasteiger partial charge on any atom is -0.337 e. The van der Waals surface area contributed by atoms with E-state index in [1.807, 2.05) is 60.9 Å². The van der Waals surface area contributed by atoms with Crippen LogP contribution in [0.25, 0.3) is 0 Å². The third-order valence-electron chi connectivity index (χ3n) is 5.03. The number of hydrogen-bond donors (Lipinski definition) is 0. The lowest BCUT2D eigenvalue weighted by Crippen LogP contribution is -2.40. The third-order valence-corrected chi connectivity index (χ3v) is 5.03. The number of carbonyl (C=O) groups is 1. The monoisotopic (exact) mass is 361 g/mol. The molecule has 27 heavy (non-hydrogen) atoms. The molecular formula is C21H23N5O. The highest BCUT2D eigenvalue weighted by Crippen LogP contribution is 2.27. The summed E-state index contributed by atoms with van der Waals surface area (Å²) in [7, 11) is 0. The molecule has 1 atom stereocenters. The van der Waals surface area contributed by atoms with Crippen molar-refractivity contribution in [3.63, 3.8) is 0 Å². The van der Waals surface area contributed by atoms with E-state index in [-0.39, 0.29) is 11.8 Å². The van der Waals surface area contributed by atoms with E-state index in [1.54, 1.807) is 6.07 Å². The largest absolute Gasteiger partial charge is 0.337 e. The predicted molar refractivity (Wildman–Crippen MR) is 102 cm³/mol. The van der Waals surface area contributed by atoms with Crippen molar-refractivity contribution in [1.82, 2.24) is 24.4 Å². The van der Waals surface area contributed by atoms with Gasteiger partial charge < -0.3 is 9.47 Å². The van der Waals surface area contributed by atoms with Gasteiger partial charge in [-0.25, -0.2) is 9.97 Å². The van der Waals surface area contributed by atoms with Crippen molar-refractivity contribution >= 4 is 5.91 Å². The van der Waals surface area contributed by atoms with E-state index < -0.39 is 0 Å². The third kappa shape index (κ3) is 3.89. The summed E-state index contributed by atoms with van der Waals surface area (Å²) in [4.78, 5) is 27.9. The molecule has 3 aromatic rings. The molecule has 1 aliphatic heterocycles. The van der Waals surface area contributed by atoms with Crippen molar-refractivity contribution in [2.45, 2.75) is 32.2 Å². The lowest BCUT2D eigenvalue weighted by molar-refractivity contribution is 0.0697. The van der Waals surface area contributed by atoms with Crippen molar-refractivity contribution in [1.29, 1.82) is 0 Å². The highest BCUT2D eigenvalue weighted by atomic mass is 16.2. The van der Waals surface area contributed by atoms with Crippen LogP contribution >= 0.6 is 0 Å². The Morgan fingerprint density at radius 3 is 2.85 bits per heavy atom. The molecule has 0 spiro atoms. The molecular weight excluding hydrogens is 338 g/mol. The average Bonchev–Trinajstić information content (AvgIpc) is 3.16. The maximum absolute atomic E-state index is 12.9. The predicted octanol–water partition coefficient (Wildman–Crippen LogP) is 3.05. The fourth-order valence-electron chi connectivity index (χ4n) is 3.70. The lowest BCUT2D eigenvalue weighted by atomic mass is 9.96. The van der Waals surface area contributed by atoms with Crippen molar-refractivity contribution in [2.75, 3.05) is 13.1 Å². The van der Waals surface area contributed by atoms with Gasteiger partial charge in [0.1, 0.15) is 11.5 Å². The van der Waals surface area contributed by atoms with Gasteiger partial charge in [0.2, 0.25) is 0 Å². The summed E-state index contributed by atoms with van der Waals surface area (Å²) in [5.74, 6) is 1.29.